The Labute approximate surface area is 109 Å². The maximum absolute atomic E-state index is 5.79. The lowest BCUT2D eigenvalue weighted by Gasteiger charge is -2.33. The van der Waals surface area contributed by atoms with Crippen molar-refractivity contribution >= 4 is 11.3 Å². The van der Waals surface area contributed by atoms with Crippen LogP contribution >= 0.6 is 11.3 Å². The largest absolute Gasteiger partial charge is 0.271 e. The summed E-state index contributed by atoms with van der Waals surface area (Å²) >= 11 is 1.82. The highest BCUT2D eigenvalue weighted by Gasteiger charge is 2.28. The van der Waals surface area contributed by atoms with Gasteiger partial charge in [0.1, 0.15) is 0 Å². The monoisotopic (exact) mass is 252 g/mol. The summed E-state index contributed by atoms with van der Waals surface area (Å²) in [5.74, 6) is 7.41. The number of rotatable bonds is 4. The molecule has 1 aliphatic carbocycles. The van der Waals surface area contributed by atoms with Crippen molar-refractivity contribution in [2.75, 3.05) is 0 Å². The second kappa shape index (κ2) is 5.98. The van der Waals surface area contributed by atoms with Crippen molar-refractivity contribution in [2.45, 2.75) is 52.0 Å². The minimum Gasteiger partial charge on any atom is -0.271 e. The molecule has 0 bridgehead atoms. The van der Waals surface area contributed by atoms with Crippen LogP contribution in [-0.2, 0) is 0 Å². The van der Waals surface area contributed by atoms with E-state index < -0.39 is 0 Å². The Balaban J connectivity index is 2.07. The van der Waals surface area contributed by atoms with E-state index in [0.717, 1.165) is 5.92 Å². The van der Waals surface area contributed by atoms with Gasteiger partial charge < -0.3 is 0 Å². The first-order valence-corrected chi connectivity index (χ1v) is 7.63. The number of hydrogen-bond donors (Lipinski definition) is 2. The van der Waals surface area contributed by atoms with E-state index in [1.165, 1.54) is 42.5 Å². The second-order valence-corrected chi connectivity index (χ2v) is 6.45. The van der Waals surface area contributed by atoms with Crippen LogP contribution in [-0.4, -0.2) is 0 Å². The highest BCUT2D eigenvalue weighted by Crippen LogP contribution is 2.38. The molecule has 0 amide bonds. The summed E-state index contributed by atoms with van der Waals surface area (Å²) < 4.78 is 0. The van der Waals surface area contributed by atoms with Gasteiger partial charge in [-0.05, 0) is 48.6 Å². The van der Waals surface area contributed by atoms with Crippen LogP contribution in [0, 0.1) is 18.8 Å². The highest BCUT2D eigenvalue weighted by molar-refractivity contribution is 7.10. The average molecular weight is 252 g/mol. The fourth-order valence-corrected chi connectivity index (χ4v) is 3.88. The minimum atomic E-state index is 0.356. The molecule has 0 aromatic carbocycles. The lowest BCUT2D eigenvalue weighted by atomic mass is 9.75. The van der Waals surface area contributed by atoms with E-state index in [9.17, 15) is 0 Å². The summed E-state index contributed by atoms with van der Waals surface area (Å²) in [6.45, 7) is 4.48. The predicted octanol–water partition coefficient (Wildman–Crippen LogP) is 3.78. The SMILES string of the molecule is CCC1CCCC(C(NN)c2csc(C)c2)C1. The molecule has 0 saturated heterocycles. The normalized spacial score (nSPS) is 27.0. The van der Waals surface area contributed by atoms with Crippen molar-refractivity contribution < 1.29 is 0 Å². The standard InChI is InChI=1S/C14H24N2S/c1-3-11-5-4-6-12(8-11)14(16-15)13-7-10(2)17-9-13/h7,9,11-12,14,16H,3-6,8,15H2,1-2H3. The highest BCUT2D eigenvalue weighted by atomic mass is 32.1. The van der Waals surface area contributed by atoms with Gasteiger partial charge in [-0.1, -0.05) is 26.2 Å². The van der Waals surface area contributed by atoms with E-state index >= 15 is 0 Å². The van der Waals surface area contributed by atoms with Gasteiger partial charge in [-0.15, -0.1) is 11.3 Å². The molecule has 3 unspecified atom stereocenters. The maximum atomic E-state index is 5.79. The fourth-order valence-electron chi connectivity index (χ4n) is 3.14. The van der Waals surface area contributed by atoms with Gasteiger partial charge in [0, 0.05) is 10.9 Å². The van der Waals surface area contributed by atoms with Crippen LogP contribution in [0.3, 0.4) is 0 Å². The van der Waals surface area contributed by atoms with Crippen LogP contribution in [0.1, 0.15) is 55.5 Å². The second-order valence-electron chi connectivity index (χ2n) is 5.34. The van der Waals surface area contributed by atoms with Crippen LogP contribution in [0.25, 0.3) is 0 Å². The van der Waals surface area contributed by atoms with Crippen molar-refractivity contribution in [1.82, 2.24) is 5.43 Å². The molecule has 1 saturated carbocycles. The molecule has 1 fully saturated rings. The summed E-state index contributed by atoms with van der Waals surface area (Å²) in [6, 6.07) is 2.64. The molecule has 1 heterocycles. The number of hydrogen-bond acceptors (Lipinski definition) is 3. The molecule has 2 nitrogen and oxygen atoms in total. The fraction of sp³-hybridized carbons (Fsp3) is 0.714. The molecule has 1 aromatic rings. The molecular weight excluding hydrogens is 228 g/mol. The first kappa shape index (κ1) is 13.1. The van der Waals surface area contributed by atoms with Gasteiger partial charge >= 0.3 is 0 Å². The van der Waals surface area contributed by atoms with Gasteiger partial charge in [0.15, 0.2) is 0 Å². The Bertz CT molecular complexity index is 348. The van der Waals surface area contributed by atoms with E-state index in [2.05, 4.69) is 30.7 Å². The van der Waals surface area contributed by atoms with Gasteiger partial charge in [-0.2, -0.15) is 0 Å². The number of thiophene rings is 1. The molecular formula is C14H24N2S. The quantitative estimate of drug-likeness (QED) is 0.632. The summed E-state index contributed by atoms with van der Waals surface area (Å²) in [5, 5.41) is 2.26. The molecule has 0 radical (unpaired) electrons. The summed E-state index contributed by atoms with van der Waals surface area (Å²) in [7, 11) is 0. The Hall–Kier alpha value is -0.380. The van der Waals surface area contributed by atoms with Gasteiger partial charge in [-0.25, -0.2) is 0 Å². The molecule has 0 aliphatic heterocycles. The first-order chi connectivity index (χ1) is 8.24. The third kappa shape index (κ3) is 3.09. The van der Waals surface area contributed by atoms with Crippen molar-refractivity contribution in [3.05, 3.63) is 21.9 Å². The molecule has 0 spiro atoms. The number of nitrogens with one attached hydrogen (secondary N) is 1. The van der Waals surface area contributed by atoms with Gasteiger partial charge in [0.05, 0.1) is 0 Å². The van der Waals surface area contributed by atoms with Crippen LogP contribution in [0.15, 0.2) is 11.4 Å². The van der Waals surface area contributed by atoms with E-state index in [1.54, 1.807) is 0 Å². The topological polar surface area (TPSA) is 38.0 Å². The molecule has 1 aromatic heterocycles. The van der Waals surface area contributed by atoms with Gasteiger partial charge in [0.25, 0.3) is 0 Å². The number of nitrogens with two attached hydrogens (primary N) is 1. The molecule has 3 N–H and O–H groups in total. The van der Waals surface area contributed by atoms with Gasteiger partial charge in [-0.3, -0.25) is 11.3 Å². The van der Waals surface area contributed by atoms with Gasteiger partial charge in [0.2, 0.25) is 0 Å². The minimum absolute atomic E-state index is 0.356. The Kier molecular flexibility index (Phi) is 4.60. The predicted molar refractivity (Wildman–Crippen MR) is 74.9 cm³/mol. The molecule has 3 atom stereocenters. The van der Waals surface area contributed by atoms with Crippen LogP contribution in [0.5, 0.6) is 0 Å². The smallest absolute Gasteiger partial charge is 0.0496 e. The molecule has 1 aliphatic rings. The molecule has 17 heavy (non-hydrogen) atoms. The average Bonchev–Trinajstić information content (AvgIpc) is 2.77. The van der Waals surface area contributed by atoms with E-state index in [-0.39, 0.29) is 0 Å². The van der Waals surface area contributed by atoms with Crippen molar-refractivity contribution in [2.24, 2.45) is 17.7 Å². The van der Waals surface area contributed by atoms with Crippen molar-refractivity contribution in [3.63, 3.8) is 0 Å². The van der Waals surface area contributed by atoms with Crippen molar-refractivity contribution in [3.8, 4) is 0 Å². The van der Waals surface area contributed by atoms with E-state index in [4.69, 9.17) is 5.84 Å². The molecule has 96 valence electrons. The maximum Gasteiger partial charge on any atom is 0.0496 e. The van der Waals surface area contributed by atoms with E-state index in [0.29, 0.717) is 12.0 Å². The van der Waals surface area contributed by atoms with Crippen LogP contribution in [0.4, 0.5) is 0 Å². The Morgan fingerprint density at radius 2 is 2.35 bits per heavy atom. The van der Waals surface area contributed by atoms with E-state index in [1.807, 2.05) is 11.3 Å². The molecule has 2 rings (SSSR count). The molecule has 3 heteroatoms. The number of hydrazine groups is 1. The zero-order chi connectivity index (χ0) is 12.3. The number of aryl methyl sites for hydroxylation is 1. The van der Waals surface area contributed by atoms with Crippen LogP contribution < -0.4 is 11.3 Å². The Morgan fingerprint density at radius 3 is 2.94 bits per heavy atom. The lowest BCUT2D eigenvalue weighted by molar-refractivity contribution is 0.210. The zero-order valence-electron chi connectivity index (χ0n) is 10.9. The summed E-state index contributed by atoms with van der Waals surface area (Å²) in [6.07, 6.45) is 6.74. The zero-order valence-corrected chi connectivity index (χ0v) is 11.7. The third-order valence-corrected chi connectivity index (χ3v) is 5.04. The third-order valence-electron chi connectivity index (χ3n) is 4.16. The Morgan fingerprint density at radius 1 is 1.53 bits per heavy atom. The summed E-state index contributed by atoms with van der Waals surface area (Å²) in [5.41, 5.74) is 4.44. The van der Waals surface area contributed by atoms with Crippen molar-refractivity contribution in [1.29, 1.82) is 0 Å². The first-order valence-electron chi connectivity index (χ1n) is 6.75. The summed E-state index contributed by atoms with van der Waals surface area (Å²) in [4.78, 5) is 1.38. The van der Waals surface area contributed by atoms with Crippen LogP contribution in [0.2, 0.25) is 0 Å². The lowest BCUT2D eigenvalue weighted by Crippen LogP contribution is -2.35.